The highest BCUT2D eigenvalue weighted by molar-refractivity contribution is 5.92. The molecule has 5 nitrogen and oxygen atoms in total. The average molecular weight is 338 g/mol. The number of aromatic nitrogens is 2. The Kier molecular flexibility index (Phi) is 5.99. The fourth-order valence-electron chi connectivity index (χ4n) is 3.23. The predicted molar refractivity (Wildman–Crippen MR) is 99.6 cm³/mol. The van der Waals surface area contributed by atoms with E-state index < -0.39 is 0 Å². The SMILES string of the molecule is CN(CCc1ccncc1)C(=O)c1ccc(NC2CCCCC2)cn1. The molecule has 0 unspecified atom stereocenters. The van der Waals surface area contributed by atoms with Crippen molar-refractivity contribution in [2.45, 2.75) is 44.6 Å². The Morgan fingerprint density at radius 1 is 1.16 bits per heavy atom. The third-order valence-electron chi connectivity index (χ3n) is 4.79. The van der Waals surface area contributed by atoms with Crippen LogP contribution in [0.25, 0.3) is 0 Å². The van der Waals surface area contributed by atoms with Gasteiger partial charge in [0.05, 0.1) is 11.9 Å². The van der Waals surface area contributed by atoms with E-state index in [4.69, 9.17) is 0 Å². The fourth-order valence-corrected chi connectivity index (χ4v) is 3.23. The Balaban J connectivity index is 1.52. The number of hydrogen-bond donors (Lipinski definition) is 1. The molecule has 1 fully saturated rings. The lowest BCUT2D eigenvalue weighted by molar-refractivity contribution is 0.0791. The molecule has 0 radical (unpaired) electrons. The van der Waals surface area contributed by atoms with E-state index in [0.717, 1.165) is 12.1 Å². The first-order valence-corrected chi connectivity index (χ1v) is 9.09. The third kappa shape index (κ3) is 5.02. The molecule has 1 N–H and O–H groups in total. The Hall–Kier alpha value is -2.43. The number of carbonyl (C=O) groups excluding carboxylic acids is 1. The highest BCUT2D eigenvalue weighted by atomic mass is 16.2. The summed E-state index contributed by atoms with van der Waals surface area (Å²) in [4.78, 5) is 22.6. The molecular weight excluding hydrogens is 312 g/mol. The predicted octanol–water partition coefficient (Wildman–Crippen LogP) is 3.54. The zero-order valence-electron chi connectivity index (χ0n) is 14.8. The average Bonchev–Trinajstić information content (AvgIpc) is 2.68. The molecule has 0 spiro atoms. The first kappa shape index (κ1) is 17.4. The molecule has 25 heavy (non-hydrogen) atoms. The van der Waals surface area contributed by atoms with Crippen molar-refractivity contribution in [1.29, 1.82) is 0 Å². The highest BCUT2D eigenvalue weighted by Gasteiger charge is 2.15. The van der Waals surface area contributed by atoms with Crippen LogP contribution in [0.5, 0.6) is 0 Å². The molecule has 0 atom stereocenters. The zero-order valence-corrected chi connectivity index (χ0v) is 14.8. The molecule has 3 rings (SSSR count). The van der Waals surface area contributed by atoms with E-state index in [1.807, 2.05) is 31.3 Å². The van der Waals surface area contributed by atoms with Crippen LogP contribution in [0.3, 0.4) is 0 Å². The topological polar surface area (TPSA) is 58.1 Å². The Morgan fingerprint density at radius 2 is 1.92 bits per heavy atom. The van der Waals surface area contributed by atoms with E-state index in [9.17, 15) is 4.79 Å². The lowest BCUT2D eigenvalue weighted by Crippen LogP contribution is -2.29. The van der Waals surface area contributed by atoms with Gasteiger partial charge in [-0.15, -0.1) is 0 Å². The number of pyridine rings is 2. The van der Waals surface area contributed by atoms with Crippen molar-refractivity contribution in [3.05, 3.63) is 54.1 Å². The molecule has 5 heteroatoms. The van der Waals surface area contributed by atoms with Crippen LogP contribution in [0.15, 0.2) is 42.9 Å². The van der Waals surface area contributed by atoms with Gasteiger partial charge in [0.2, 0.25) is 0 Å². The van der Waals surface area contributed by atoms with Gasteiger partial charge in [0.15, 0.2) is 0 Å². The number of amides is 1. The van der Waals surface area contributed by atoms with Crippen LogP contribution in [0.4, 0.5) is 5.69 Å². The lowest BCUT2D eigenvalue weighted by atomic mass is 9.95. The number of rotatable bonds is 6. The van der Waals surface area contributed by atoms with Crippen LogP contribution >= 0.6 is 0 Å². The van der Waals surface area contributed by atoms with Crippen LogP contribution in [0, 0.1) is 0 Å². The molecule has 2 aromatic rings. The number of nitrogens with zero attached hydrogens (tertiary/aromatic N) is 3. The molecule has 0 aromatic carbocycles. The summed E-state index contributed by atoms with van der Waals surface area (Å²) in [6.45, 7) is 0.659. The Bertz CT molecular complexity index is 666. The van der Waals surface area contributed by atoms with Crippen LogP contribution < -0.4 is 5.32 Å². The van der Waals surface area contributed by atoms with Gasteiger partial charge >= 0.3 is 0 Å². The molecule has 2 heterocycles. The van der Waals surface area contributed by atoms with Crippen molar-refractivity contribution < 1.29 is 4.79 Å². The number of carbonyl (C=O) groups is 1. The van der Waals surface area contributed by atoms with E-state index in [1.54, 1.807) is 23.5 Å². The summed E-state index contributed by atoms with van der Waals surface area (Å²) in [7, 11) is 1.82. The van der Waals surface area contributed by atoms with Crippen LogP contribution in [0.1, 0.15) is 48.2 Å². The van der Waals surface area contributed by atoms with E-state index >= 15 is 0 Å². The number of hydrogen-bond acceptors (Lipinski definition) is 4. The summed E-state index contributed by atoms with van der Waals surface area (Å²) in [5.74, 6) is -0.0433. The Morgan fingerprint density at radius 3 is 2.60 bits per heavy atom. The van der Waals surface area contributed by atoms with E-state index in [1.165, 1.54) is 37.7 Å². The van der Waals surface area contributed by atoms with Crippen molar-refractivity contribution in [2.75, 3.05) is 18.9 Å². The molecule has 132 valence electrons. The summed E-state index contributed by atoms with van der Waals surface area (Å²) < 4.78 is 0. The molecule has 1 aliphatic rings. The van der Waals surface area contributed by atoms with Gasteiger partial charge < -0.3 is 10.2 Å². The second-order valence-electron chi connectivity index (χ2n) is 6.74. The Labute approximate surface area is 149 Å². The van der Waals surface area contributed by atoms with E-state index in [-0.39, 0.29) is 5.91 Å². The third-order valence-corrected chi connectivity index (χ3v) is 4.79. The monoisotopic (exact) mass is 338 g/mol. The molecule has 2 aromatic heterocycles. The van der Waals surface area contributed by atoms with Crippen molar-refractivity contribution >= 4 is 11.6 Å². The quantitative estimate of drug-likeness (QED) is 0.875. The van der Waals surface area contributed by atoms with Crippen molar-refractivity contribution in [3.63, 3.8) is 0 Å². The van der Waals surface area contributed by atoms with Gasteiger partial charge in [-0.2, -0.15) is 0 Å². The summed E-state index contributed by atoms with van der Waals surface area (Å²) in [6, 6.07) is 8.27. The fraction of sp³-hybridized carbons (Fsp3) is 0.450. The summed E-state index contributed by atoms with van der Waals surface area (Å²) in [6.07, 6.45) is 12.5. The lowest BCUT2D eigenvalue weighted by Gasteiger charge is -2.23. The van der Waals surface area contributed by atoms with Gasteiger partial charge in [0.1, 0.15) is 5.69 Å². The zero-order chi connectivity index (χ0) is 17.5. The molecule has 0 saturated heterocycles. The minimum atomic E-state index is -0.0433. The first-order valence-electron chi connectivity index (χ1n) is 9.09. The van der Waals surface area contributed by atoms with Crippen molar-refractivity contribution in [2.24, 2.45) is 0 Å². The molecule has 1 saturated carbocycles. The molecule has 0 aliphatic heterocycles. The second-order valence-corrected chi connectivity index (χ2v) is 6.74. The smallest absolute Gasteiger partial charge is 0.272 e. The van der Waals surface area contributed by atoms with E-state index in [2.05, 4.69) is 15.3 Å². The molecular formula is C20H26N4O. The normalized spacial score (nSPS) is 14.9. The summed E-state index contributed by atoms with van der Waals surface area (Å²) in [5, 5.41) is 3.53. The van der Waals surface area contributed by atoms with Gasteiger partial charge in [0.25, 0.3) is 5.91 Å². The van der Waals surface area contributed by atoms with Crippen LogP contribution in [0.2, 0.25) is 0 Å². The van der Waals surface area contributed by atoms with Crippen LogP contribution in [-0.2, 0) is 6.42 Å². The maximum atomic E-state index is 12.5. The van der Waals surface area contributed by atoms with Gasteiger partial charge in [-0.25, -0.2) is 4.98 Å². The number of anilines is 1. The first-order chi connectivity index (χ1) is 12.2. The highest BCUT2D eigenvalue weighted by Crippen LogP contribution is 2.21. The molecule has 1 amide bonds. The second kappa shape index (κ2) is 8.60. The molecule has 0 bridgehead atoms. The number of likely N-dealkylation sites (N-methyl/N-ethyl adjacent to an activating group) is 1. The maximum absolute atomic E-state index is 12.5. The summed E-state index contributed by atoms with van der Waals surface area (Å²) in [5.41, 5.74) is 2.67. The van der Waals surface area contributed by atoms with Gasteiger partial charge in [-0.1, -0.05) is 19.3 Å². The molecule has 1 aliphatic carbocycles. The van der Waals surface area contributed by atoms with Gasteiger partial charge in [0, 0.05) is 32.0 Å². The minimum absolute atomic E-state index is 0.0433. The standard InChI is InChI=1S/C20H26N4O/c1-24(14-11-16-9-12-21-13-10-16)20(25)19-8-7-18(15-22-19)23-17-5-3-2-4-6-17/h7-10,12-13,15,17,23H,2-6,11,14H2,1H3. The van der Waals surface area contributed by atoms with Crippen molar-refractivity contribution in [1.82, 2.24) is 14.9 Å². The number of nitrogens with one attached hydrogen (secondary N) is 1. The van der Waals surface area contributed by atoms with Crippen molar-refractivity contribution in [3.8, 4) is 0 Å². The van der Waals surface area contributed by atoms with Gasteiger partial charge in [-0.3, -0.25) is 9.78 Å². The van der Waals surface area contributed by atoms with E-state index in [0.29, 0.717) is 18.3 Å². The van der Waals surface area contributed by atoms with Crippen LogP contribution in [-0.4, -0.2) is 40.4 Å². The largest absolute Gasteiger partial charge is 0.381 e. The maximum Gasteiger partial charge on any atom is 0.272 e. The van der Waals surface area contributed by atoms with Gasteiger partial charge in [-0.05, 0) is 49.1 Å². The minimum Gasteiger partial charge on any atom is -0.381 e. The summed E-state index contributed by atoms with van der Waals surface area (Å²) >= 11 is 0.